The summed E-state index contributed by atoms with van der Waals surface area (Å²) in [7, 11) is 0. The molecule has 1 aliphatic heterocycles. The van der Waals surface area contributed by atoms with Crippen LogP contribution < -0.4 is 16.6 Å². The second-order valence-corrected chi connectivity index (χ2v) is 4.97. The van der Waals surface area contributed by atoms with Crippen LogP contribution in [-0.2, 0) is 9.53 Å². The summed E-state index contributed by atoms with van der Waals surface area (Å²) in [6.07, 6.45) is -0.611. The lowest BCUT2D eigenvalue weighted by Gasteiger charge is -2.30. The summed E-state index contributed by atoms with van der Waals surface area (Å²) in [6, 6.07) is 1.16. The van der Waals surface area contributed by atoms with Crippen LogP contribution >= 0.6 is 0 Å². The maximum atomic E-state index is 11.7. The Kier molecular flexibility index (Phi) is 4.26. The molecule has 1 aromatic heterocycles. The zero-order valence-corrected chi connectivity index (χ0v) is 11.4. The molecule has 9 nitrogen and oxygen atoms in total. The van der Waals surface area contributed by atoms with Gasteiger partial charge in [0, 0.05) is 25.6 Å². The number of rotatable bonds is 4. The van der Waals surface area contributed by atoms with E-state index >= 15 is 0 Å². The fourth-order valence-electron chi connectivity index (χ4n) is 2.26. The molecular weight excluding hydrogens is 282 g/mol. The number of aromatic nitrogens is 2. The summed E-state index contributed by atoms with van der Waals surface area (Å²) < 4.78 is 6.71. The minimum absolute atomic E-state index is 0.0477. The molecule has 1 unspecified atom stereocenters. The van der Waals surface area contributed by atoms with Crippen LogP contribution in [0, 0.1) is 0 Å². The molecule has 0 radical (unpaired) electrons. The molecule has 3 atom stereocenters. The van der Waals surface area contributed by atoms with Crippen LogP contribution in [0.2, 0.25) is 0 Å². The van der Waals surface area contributed by atoms with Gasteiger partial charge in [0.1, 0.15) is 11.8 Å². The first-order valence-electron chi connectivity index (χ1n) is 6.40. The van der Waals surface area contributed by atoms with Crippen molar-refractivity contribution in [3.63, 3.8) is 0 Å². The van der Waals surface area contributed by atoms with Crippen LogP contribution in [0.25, 0.3) is 0 Å². The molecule has 1 fully saturated rings. The third kappa shape index (κ3) is 3.04. The van der Waals surface area contributed by atoms with Gasteiger partial charge in [-0.15, -0.1) is 0 Å². The van der Waals surface area contributed by atoms with Crippen LogP contribution in [0.15, 0.2) is 21.9 Å². The van der Waals surface area contributed by atoms with Crippen molar-refractivity contribution in [1.82, 2.24) is 14.9 Å². The Morgan fingerprint density at radius 3 is 2.90 bits per heavy atom. The highest BCUT2D eigenvalue weighted by Gasteiger charge is 2.48. The van der Waals surface area contributed by atoms with Gasteiger partial charge in [-0.25, -0.2) is 4.79 Å². The molecule has 9 heteroatoms. The van der Waals surface area contributed by atoms with Crippen molar-refractivity contribution in [2.24, 2.45) is 0 Å². The molecule has 1 saturated heterocycles. The number of hydrogen-bond donors (Lipinski definition) is 4. The number of aliphatic hydroxyl groups excluding tert-OH is 2. The van der Waals surface area contributed by atoms with E-state index in [-0.39, 0.29) is 18.9 Å². The van der Waals surface area contributed by atoms with Gasteiger partial charge in [0.15, 0.2) is 0 Å². The van der Waals surface area contributed by atoms with Gasteiger partial charge in [-0.3, -0.25) is 19.1 Å². The minimum atomic E-state index is -1.38. The highest BCUT2D eigenvalue weighted by Crippen LogP contribution is 2.35. The van der Waals surface area contributed by atoms with E-state index in [4.69, 9.17) is 4.74 Å². The first kappa shape index (κ1) is 15.4. The third-order valence-corrected chi connectivity index (χ3v) is 3.47. The largest absolute Gasteiger partial charge is 0.393 e. The molecule has 1 aromatic rings. The van der Waals surface area contributed by atoms with Gasteiger partial charge >= 0.3 is 5.69 Å². The number of aromatic amines is 1. The van der Waals surface area contributed by atoms with Gasteiger partial charge in [-0.1, -0.05) is 0 Å². The normalized spacial score (nSPS) is 28.5. The van der Waals surface area contributed by atoms with E-state index in [1.165, 1.54) is 13.1 Å². The second-order valence-electron chi connectivity index (χ2n) is 4.97. The lowest BCUT2D eigenvalue weighted by molar-refractivity contribution is -0.134. The fraction of sp³-hybridized carbons (Fsp3) is 0.583. The number of hydrogen-bond acceptors (Lipinski definition) is 6. The van der Waals surface area contributed by atoms with E-state index in [1.54, 1.807) is 0 Å². The SMILES string of the molecule is CC(=O)NC[C@@]1(CO)O[C@H](n2ccc(=O)[nH]c2=O)CC1O. The molecule has 2 rings (SSSR count). The molecule has 116 valence electrons. The Labute approximate surface area is 119 Å². The van der Waals surface area contributed by atoms with Crippen molar-refractivity contribution in [3.05, 3.63) is 33.1 Å². The van der Waals surface area contributed by atoms with Crippen LogP contribution in [0.1, 0.15) is 19.6 Å². The molecule has 0 bridgehead atoms. The maximum absolute atomic E-state index is 11.7. The number of ether oxygens (including phenoxy) is 1. The number of nitrogens with one attached hydrogen (secondary N) is 2. The van der Waals surface area contributed by atoms with Crippen LogP contribution in [0.4, 0.5) is 0 Å². The summed E-state index contributed by atoms with van der Waals surface area (Å²) in [6.45, 7) is 0.688. The topological polar surface area (TPSA) is 134 Å². The Hall–Kier alpha value is -1.97. The molecule has 0 saturated carbocycles. The zero-order chi connectivity index (χ0) is 15.6. The third-order valence-electron chi connectivity index (χ3n) is 3.47. The van der Waals surface area contributed by atoms with Crippen molar-refractivity contribution in [3.8, 4) is 0 Å². The summed E-state index contributed by atoms with van der Waals surface area (Å²) in [4.78, 5) is 35.8. The van der Waals surface area contributed by atoms with E-state index < -0.39 is 35.8 Å². The first-order valence-corrected chi connectivity index (χ1v) is 6.40. The molecule has 0 aliphatic carbocycles. The van der Waals surface area contributed by atoms with Crippen LogP contribution in [0.3, 0.4) is 0 Å². The maximum Gasteiger partial charge on any atom is 0.330 e. The van der Waals surface area contributed by atoms with Crippen molar-refractivity contribution < 1.29 is 19.7 Å². The van der Waals surface area contributed by atoms with Gasteiger partial charge < -0.3 is 20.3 Å². The first-order chi connectivity index (χ1) is 9.88. The number of aliphatic hydroxyl groups is 2. The van der Waals surface area contributed by atoms with E-state index in [9.17, 15) is 24.6 Å². The molecule has 4 N–H and O–H groups in total. The van der Waals surface area contributed by atoms with Gasteiger partial charge in [-0.05, 0) is 0 Å². The Morgan fingerprint density at radius 1 is 1.62 bits per heavy atom. The molecule has 21 heavy (non-hydrogen) atoms. The van der Waals surface area contributed by atoms with E-state index in [2.05, 4.69) is 10.3 Å². The van der Waals surface area contributed by atoms with Gasteiger partial charge in [0.2, 0.25) is 5.91 Å². The summed E-state index contributed by atoms with van der Waals surface area (Å²) in [5, 5.41) is 22.1. The highest BCUT2D eigenvalue weighted by atomic mass is 16.6. The Morgan fingerprint density at radius 2 is 2.33 bits per heavy atom. The Bertz CT molecular complexity index is 638. The van der Waals surface area contributed by atoms with Crippen molar-refractivity contribution in [1.29, 1.82) is 0 Å². The van der Waals surface area contributed by atoms with Gasteiger partial charge in [-0.2, -0.15) is 0 Å². The summed E-state index contributed by atoms with van der Waals surface area (Å²) >= 11 is 0. The average molecular weight is 299 g/mol. The van der Waals surface area contributed by atoms with E-state index in [1.807, 2.05) is 0 Å². The number of carbonyl (C=O) groups excluding carboxylic acids is 1. The van der Waals surface area contributed by atoms with Crippen molar-refractivity contribution >= 4 is 5.91 Å². The number of nitrogens with zero attached hydrogens (tertiary/aromatic N) is 1. The zero-order valence-electron chi connectivity index (χ0n) is 11.4. The fourth-order valence-corrected chi connectivity index (χ4v) is 2.26. The number of H-pyrrole nitrogens is 1. The summed E-state index contributed by atoms with van der Waals surface area (Å²) in [5.41, 5.74) is -2.60. The highest BCUT2D eigenvalue weighted by molar-refractivity contribution is 5.72. The number of amides is 1. The lowest BCUT2D eigenvalue weighted by Crippen LogP contribution is -2.52. The second kappa shape index (κ2) is 5.80. The van der Waals surface area contributed by atoms with Crippen molar-refractivity contribution in [2.45, 2.75) is 31.3 Å². The van der Waals surface area contributed by atoms with Gasteiger partial charge in [0.25, 0.3) is 5.56 Å². The predicted octanol–water partition coefficient (Wildman–Crippen LogP) is -2.32. The molecule has 0 spiro atoms. The molecule has 1 aliphatic rings. The number of carbonyl (C=O) groups is 1. The van der Waals surface area contributed by atoms with E-state index in [0.29, 0.717) is 0 Å². The average Bonchev–Trinajstić information content (AvgIpc) is 2.74. The van der Waals surface area contributed by atoms with Gasteiger partial charge in [0.05, 0.1) is 19.3 Å². The van der Waals surface area contributed by atoms with Crippen LogP contribution in [0.5, 0.6) is 0 Å². The Balaban J connectivity index is 2.24. The quantitative estimate of drug-likeness (QED) is 0.493. The monoisotopic (exact) mass is 299 g/mol. The molecule has 2 heterocycles. The predicted molar refractivity (Wildman–Crippen MR) is 70.6 cm³/mol. The molecule has 1 amide bonds. The van der Waals surface area contributed by atoms with E-state index in [0.717, 1.165) is 10.6 Å². The lowest BCUT2D eigenvalue weighted by atomic mass is 9.97. The minimum Gasteiger partial charge on any atom is -0.393 e. The molecule has 0 aromatic carbocycles. The molecular formula is C12H17N3O6. The van der Waals surface area contributed by atoms with Crippen molar-refractivity contribution in [2.75, 3.05) is 13.2 Å². The standard InChI is InChI=1S/C12H17N3O6/c1-7(17)13-5-12(6-16)8(18)4-10(21-12)15-3-2-9(19)14-11(15)20/h2-3,8,10,16,18H,4-6H2,1H3,(H,13,17)(H,14,19,20)/t8?,10-,12-/m0/s1. The smallest absolute Gasteiger partial charge is 0.330 e. The van der Waals surface area contributed by atoms with Crippen LogP contribution in [-0.4, -0.2) is 50.5 Å². The summed E-state index contributed by atoms with van der Waals surface area (Å²) in [5.74, 6) is -0.330.